The first kappa shape index (κ1) is 49.4. The van der Waals surface area contributed by atoms with E-state index in [0.717, 1.165) is 0 Å². The zero-order valence-electron chi connectivity index (χ0n) is 38.8. The topological polar surface area (TPSA) is 191 Å². The summed E-state index contributed by atoms with van der Waals surface area (Å²) in [6, 6.07) is 7.02. The van der Waals surface area contributed by atoms with Crippen LogP contribution in [0.4, 0.5) is 5.69 Å². The monoisotopic (exact) mass is 866 g/mol. The van der Waals surface area contributed by atoms with Gasteiger partial charge in [0.1, 0.15) is 29.7 Å². The molecule has 16 nitrogen and oxygen atoms in total. The van der Waals surface area contributed by atoms with Gasteiger partial charge >= 0.3 is 5.97 Å². The highest BCUT2D eigenvalue weighted by atomic mass is 16.7. The Morgan fingerprint density at radius 3 is 2.16 bits per heavy atom. The summed E-state index contributed by atoms with van der Waals surface area (Å²) >= 11 is 0. The highest BCUT2D eigenvalue weighted by molar-refractivity contribution is 5.79. The van der Waals surface area contributed by atoms with Crippen molar-refractivity contribution in [1.82, 2.24) is 9.80 Å². The molecule has 18 atom stereocenters. The number of carbonyl (C=O) groups is 1. The fraction of sp³-hybridized carbons (Fsp3) is 0.822. The maximum Gasteiger partial charge on any atom is 0.311 e. The molecule has 0 spiro atoms. The van der Waals surface area contributed by atoms with Gasteiger partial charge in [-0.2, -0.15) is 4.99 Å². The highest BCUT2D eigenvalue weighted by Gasteiger charge is 2.55. The minimum absolute atomic E-state index is 0.130. The van der Waals surface area contributed by atoms with E-state index in [4.69, 9.17) is 42.9 Å². The number of ether oxygens (including phenoxy) is 8. The number of aliphatic imine (C=N–C) groups is 1. The summed E-state index contributed by atoms with van der Waals surface area (Å²) in [5, 5.41) is 47.3. The first-order chi connectivity index (χ1) is 28.5. The van der Waals surface area contributed by atoms with Crippen LogP contribution in [0.25, 0.3) is 0 Å². The lowest BCUT2D eigenvalue weighted by Crippen LogP contribution is -2.60. The van der Waals surface area contributed by atoms with Crippen molar-refractivity contribution < 1.29 is 63.1 Å². The van der Waals surface area contributed by atoms with Crippen LogP contribution >= 0.6 is 0 Å². The molecule has 0 bridgehead atoms. The Kier molecular flexibility index (Phi) is 15.9. The number of fused-ring (bicyclic) bond motifs is 1. The van der Waals surface area contributed by atoms with Gasteiger partial charge in [-0.1, -0.05) is 20.8 Å². The standard InChI is InChI=1S/C45H75N3O13/c1-15-33-45(10,53)37(49)28(6)47(11)23-24(2)21-43(8,52)39(26(4)35(27(5)40(51)58-33)59-34-22-44(9,55-14)38(50)29(7)57-34)61-41-36-32(20-25(3)56-41)48(12)42(60-36)46-30-16-18-31(54-13)19-17-30/h16-19,24-29,32-39,41,49-50,52-53H,15,20-23H2,1-14H3/t24-,25-,26+,27-,28-,29+,32+,33-,34+,35+,36-,37-,38+,39-,41-,43-,44-,45-/m1/s1. The highest BCUT2D eigenvalue weighted by Crippen LogP contribution is 2.41. The molecule has 5 rings (SSSR count). The Bertz CT molecular complexity index is 1630. The Morgan fingerprint density at radius 1 is 0.902 bits per heavy atom. The fourth-order valence-corrected chi connectivity index (χ4v) is 9.94. The summed E-state index contributed by atoms with van der Waals surface area (Å²) in [5.41, 5.74) is -3.73. The van der Waals surface area contributed by atoms with E-state index in [1.54, 1.807) is 41.7 Å². The molecule has 0 aliphatic carbocycles. The summed E-state index contributed by atoms with van der Waals surface area (Å²) in [5.74, 6) is -1.89. The number of cyclic esters (lactones) is 1. The number of nitrogens with zero attached hydrogens (tertiary/aromatic N) is 3. The van der Waals surface area contributed by atoms with Gasteiger partial charge < -0.3 is 68.1 Å². The molecular weight excluding hydrogens is 791 g/mol. The second-order valence-corrected chi connectivity index (χ2v) is 19.0. The molecule has 16 heteroatoms. The van der Waals surface area contributed by atoms with Gasteiger partial charge in [-0.15, -0.1) is 0 Å². The second-order valence-electron chi connectivity index (χ2n) is 19.0. The molecule has 4 heterocycles. The number of carbonyl (C=O) groups excluding carboxylic acids is 1. The van der Waals surface area contributed by atoms with Crippen LogP contribution in [0.2, 0.25) is 0 Å². The Hall–Kier alpha value is -2.64. The smallest absolute Gasteiger partial charge is 0.311 e. The molecule has 0 radical (unpaired) electrons. The Balaban J connectivity index is 1.57. The number of methoxy groups -OCH3 is 2. The van der Waals surface area contributed by atoms with Crippen molar-refractivity contribution in [3.8, 4) is 5.75 Å². The third-order valence-electron chi connectivity index (χ3n) is 13.9. The Morgan fingerprint density at radius 2 is 1.56 bits per heavy atom. The molecule has 1 aromatic carbocycles. The van der Waals surface area contributed by atoms with Crippen LogP contribution in [0.3, 0.4) is 0 Å². The lowest BCUT2D eigenvalue weighted by molar-refractivity contribution is -0.313. The molecule has 0 unspecified atom stereocenters. The SMILES string of the molecule is CC[C@H]1OC(=O)[C@H](C)[C@@H](O[C@H]2C[C@@](C)(OC)[C@@H](O)[C@H](C)O2)[C@H](C)[C@@H](O[C@H]2O[C@H](C)C[C@H]3[C@H]2OC(=Nc2ccc(OC)cc2)N3C)[C@](C)(O)C[C@@H](C)CN(C)[C@H](C)[C@@H](O)[C@]1(C)O. The predicted octanol–water partition coefficient (Wildman–Crippen LogP) is 4.01. The summed E-state index contributed by atoms with van der Waals surface area (Å²) in [7, 11) is 6.91. The van der Waals surface area contributed by atoms with Gasteiger partial charge in [0.05, 0.1) is 60.4 Å². The first-order valence-corrected chi connectivity index (χ1v) is 22.0. The predicted molar refractivity (Wildman–Crippen MR) is 227 cm³/mol. The number of aliphatic hydroxyl groups excluding tert-OH is 2. The van der Waals surface area contributed by atoms with Crippen molar-refractivity contribution in [2.45, 2.75) is 185 Å². The summed E-state index contributed by atoms with van der Waals surface area (Å²) in [6.45, 7) is 18.3. The second kappa shape index (κ2) is 19.6. The molecule has 348 valence electrons. The average molecular weight is 866 g/mol. The zero-order valence-corrected chi connectivity index (χ0v) is 38.8. The van der Waals surface area contributed by atoms with Gasteiger partial charge in [0.2, 0.25) is 0 Å². The van der Waals surface area contributed by atoms with E-state index in [9.17, 15) is 25.2 Å². The number of amidine groups is 1. The third-order valence-corrected chi connectivity index (χ3v) is 13.9. The van der Waals surface area contributed by atoms with Crippen molar-refractivity contribution in [1.29, 1.82) is 0 Å². The largest absolute Gasteiger partial charge is 0.497 e. The van der Waals surface area contributed by atoms with E-state index in [1.807, 2.05) is 75.9 Å². The van der Waals surface area contributed by atoms with Crippen LogP contribution in [0, 0.1) is 17.8 Å². The van der Waals surface area contributed by atoms with Crippen molar-refractivity contribution in [2.24, 2.45) is 22.7 Å². The molecule has 4 fully saturated rings. The summed E-state index contributed by atoms with van der Waals surface area (Å²) in [6.07, 6.45) is -7.65. The molecule has 4 aliphatic heterocycles. The van der Waals surface area contributed by atoms with Crippen LogP contribution in [0.15, 0.2) is 29.3 Å². The molecule has 0 saturated carbocycles. The normalized spacial score (nSPS) is 45.3. The number of hydrogen-bond acceptors (Lipinski definition) is 15. The molecule has 61 heavy (non-hydrogen) atoms. The van der Waals surface area contributed by atoms with Crippen molar-refractivity contribution in [2.75, 3.05) is 34.9 Å². The Labute approximate surface area is 362 Å². The quantitative estimate of drug-likeness (QED) is 0.274. The van der Waals surface area contributed by atoms with E-state index in [2.05, 4.69) is 0 Å². The maximum absolute atomic E-state index is 14.4. The number of rotatable bonds is 8. The van der Waals surface area contributed by atoms with Crippen LogP contribution in [-0.4, -0.2) is 167 Å². The van der Waals surface area contributed by atoms with Crippen LogP contribution in [0.5, 0.6) is 5.75 Å². The first-order valence-electron chi connectivity index (χ1n) is 22.0. The molecule has 4 saturated heterocycles. The van der Waals surface area contributed by atoms with Gasteiger partial charge in [0.25, 0.3) is 6.02 Å². The van der Waals surface area contributed by atoms with E-state index in [0.29, 0.717) is 30.4 Å². The van der Waals surface area contributed by atoms with Gasteiger partial charge in [-0.05, 0) is 105 Å². The molecule has 4 N–H and O–H groups in total. The van der Waals surface area contributed by atoms with Gasteiger partial charge in [-0.25, -0.2) is 0 Å². The number of hydrogen-bond donors (Lipinski definition) is 4. The third kappa shape index (κ3) is 10.7. The molecule has 1 aromatic rings. The number of likely N-dealkylation sites (N-methyl/N-ethyl adjacent to an activating group) is 2. The van der Waals surface area contributed by atoms with E-state index >= 15 is 0 Å². The summed E-state index contributed by atoms with van der Waals surface area (Å²) < 4.78 is 50.5. The lowest BCUT2D eigenvalue weighted by Gasteiger charge is -2.48. The van der Waals surface area contributed by atoms with Crippen molar-refractivity contribution in [3.63, 3.8) is 0 Å². The minimum atomic E-state index is -1.81. The minimum Gasteiger partial charge on any atom is -0.497 e. The molecular formula is C45H75N3O13. The van der Waals surface area contributed by atoms with Crippen molar-refractivity contribution >= 4 is 17.7 Å². The zero-order chi connectivity index (χ0) is 45.4. The van der Waals surface area contributed by atoms with Crippen LogP contribution in [0.1, 0.15) is 94.9 Å². The molecule has 0 aromatic heterocycles. The van der Waals surface area contributed by atoms with Crippen molar-refractivity contribution in [3.05, 3.63) is 24.3 Å². The van der Waals surface area contributed by atoms with E-state index in [-0.39, 0.29) is 37.3 Å². The maximum atomic E-state index is 14.4. The van der Waals surface area contributed by atoms with E-state index < -0.39 is 96.0 Å². The number of aliphatic hydroxyl groups is 4. The van der Waals surface area contributed by atoms with Gasteiger partial charge in [0.15, 0.2) is 18.7 Å². The van der Waals surface area contributed by atoms with Crippen LogP contribution in [-0.2, 0) is 38.0 Å². The lowest BCUT2D eigenvalue weighted by atomic mass is 9.77. The fourth-order valence-electron chi connectivity index (χ4n) is 9.94. The van der Waals surface area contributed by atoms with E-state index in [1.165, 1.54) is 14.0 Å². The van der Waals surface area contributed by atoms with Gasteiger partial charge in [-0.3, -0.25) is 4.79 Å². The number of esters is 1. The van der Waals surface area contributed by atoms with Gasteiger partial charge in [0, 0.05) is 39.1 Å². The summed E-state index contributed by atoms with van der Waals surface area (Å²) in [4.78, 5) is 23.2. The average Bonchev–Trinajstić information content (AvgIpc) is 3.51. The van der Waals surface area contributed by atoms with Crippen LogP contribution < -0.4 is 4.74 Å². The molecule has 4 aliphatic rings. The molecule has 0 amide bonds. The number of benzene rings is 1.